The number of nitrogens with zero attached hydrogens (tertiary/aromatic N) is 1. The fourth-order valence-corrected chi connectivity index (χ4v) is 2.76. The van der Waals surface area contributed by atoms with Crippen molar-refractivity contribution in [3.8, 4) is 5.75 Å². The summed E-state index contributed by atoms with van der Waals surface area (Å²) in [5.74, 6) is 0.933. The average Bonchev–Trinajstić information content (AvgIpc) is 2.39. The minimum atomic E-state index is 0.0895. The Morgan fingerprint density at radius 2 is 2.00 bits per heavy atom. The molecule has 1 aromatic rings. The number of hydrogen-bond acceptors (Lipinski definition) is 3. The van der Waals surface area contributed by atoms with Crippen molar-refractivity contribution < 1.29 is 9.53 Å². The van der Waals surface area contributed by atoms with E-state index in [9.17, 15) is 4.79 Å². The fraction of sp³-hybridized carbons (Fsp3) is 0.562. The van der Waals surface area contributed by atoms with Crippen LogP contribution in [0.5, 0.6) is 5.75 Å². The summed E-state index contributed by atoms with van der Waals surface area (Å²) < 4.78 is 6.01. The maximum absolute atomic E-state index is 11.2. The highest BCUT2D eigenvalue weighted by molar-refractivity contribution is 5.94. The van der Waals surface area contributed by atoms with E-state index in [0.717, 1.165) is 17.9 Å². The molecular weight excluding hydrogens is 238 g/mol. The summed E-state index contributed by atoms with van der Waals surface area (Å²) in [6.45, 7) is 4.86. The van der Waals surface area contributed by atoms with Gasteiger partial charge in [-0.3, -0.25) is 9.69 Å². The molecule has 2 atom stereocenters. The quantitative estimate of drug-likeness (QED) is 0.780. The first-order valence-corrected chi connectivity index (χ1v) is 7.06. The predicted molar refractivity (Wildman–Crippen MR) is 76.8 cm³/mol. The number of benzene rings is 1. The molecule has 1 aromatic carbocycles. The van der Waals surface area contributed by atoms with E-state index in [1.165, 1.54) is 19.3 Å². The van der Waals surface area contributed by atoms with Crippen LogP contribution >= 0.6 is 0 Å². The van der Waals surface area contributed by atoms with E-state index in [-0.39, 0.29) is 11.9 Å². The summed E-state index contributed by atoms with van der Waals surface area (Å²) >= 11 is 0. The minimum Gasteiger partial charge on any atom is -0.489 e. The SMILES string of the molecule is CC(=O)c1ccc(OC(C)C2CCCCN2C)cc1. The van der Waals surface area contributed by atoms with Gasteiger partial charge in [-0.1, -0.05) is 6.42 Å². The Morgan fingerprint density at radius 1 is 1.32 bits per heavy atom. The van der Waals surface area contributed by atoms with Crippen molar-refractivity contribution >= 4 is 5.78 Å². The zero-order chi connectivity index (χ0) is 13.8. The lowest BCUT2D eigenvalue weighted by atomic mass is 9.99. The van der Waals surface area contributed by atoms with Crippen molar-refractivity contribution in [3.63, 3.8) is 0 Å². The van der Waals surface area contributed by atoms with Gasteiger partial charge < -0.3 is 4.74 Å². The molecule has 0 N–H and O–H groups in total. The first-order chi connectivity index (χ1) is 9.08. The van der Waals surface area contributed by atoms with E-state index in [1.54, 1.807) is 6.92 Å². The number of Topliss-reactive ketones (excluding diaryl/α,β-unsaturated/α-hetero) is 1. The molecule has 19 heavy (non-hydrogen) atoms. The van der Waals surface area contributed by atoms with Crippen LogP contribution in [0.15, 0.2) is 24.3 Å². The van der Waals surface area contributed by atoms with Crippen LogP contribution in [-0.2, 0) is 0 Å². The van der Waals surface area contributed by atoms with E-state index in [2.05, 4.69) is 18.9 Å². The molecule has 3 heteroatoms. The van der Waals surface area contributed by atoms with Crippen LogP contribution in [0.4, 0.5) is 0 Å². The van der Waals surface area contributed by atoms with Gasteiger partial charge in [-0.15, -0.1) is 0 Å². The molecule has 0 aromatic heterocycles. The normalized spacial score (nSPS) is 21.9. The highest BCUT2D eigenvalue weighted by Crippen LogP contribution is 2.22. The van der Waals surface area contributed by atoms with Crippen molar-refractivity contribution in [1.29, 1.82) is 0 Å². The zero-order valence-electron chi connectivity index (χ0n) is 12.1. The molecule has 0 radical (unpaired) electrons. The van der Waals surface area contributed by atoms with Crippen LogP contribution in [-0.4, -0.2) is 36.4 Å². The molecule has 3 nitrogen and oxygen atoms in total. The first kappa shape index (κ1) is 14.1. The molecule has 1 aliphatic rings. The van der Waals surface area contributed by atoms with E-state index in [1.807, 2.05) is 24.3 Å². The van der Waals surface area contributed by atoms with Crippen LogP contribution in [0.1, 0.15) is 43.5 Å². The summed E-state index contributed by atoms with van der Waals surface area (Å²) in [4.78, 5) is 13.6. The first-order valence-electron chi connectivity index (χ1n) is 7.06. The summed E-state index contributed by atoms with van der Waals surface area (Å²) in [6, 6.07) is 7.91. The highest BCUT2D eigenvalue weighted by atomic mass is 16.5. The second-order valence-electron chi connectivity index (χ2n) is 5.45. The standard InChI is InChI=1S/C16H23NO2/c1-12(18)14-7-9-15(10-8-14)19-13(2)16-6-4-5-11-17(16)3/h7-10,13,16H,4-6,11H2,1-3H3. The Balaban J connectivity index is 1.97. The maximum Gasteiger partial charge on any atom is 0.159 e. The molecule has 0 spiro atoms. The summed E-state index contributed by atoms with van der Waals surface area (Å²) in [5, 5.41) is 0. The third-order valence-corrected chi connectivity index (χ3v) is 3.95. The minimum absolute atomic E-state index is 0.0895. The molecule has 1 saturated heterocycles. The van der Waals surface area contributed by atoms with E-state index in [0.29, 0.717) is 6.04 Å². The van der Waals surface area contributed by atoms with Crippen LogP contribution < -0.4 is 4.74 Å². The molecule has 0 aliphatic carbocycles. The molecule has 1 heterocycles. The Morgan fingerprint density at radius 3 is 2.58 bits per heavy atom. The molecule has 1 fully saturated rings. The monoisotopic (exact) mass is 261 g/mol. The van der Waals surface area contributed by atoms with Crippen molar-refractivity contribution in [3.05, 3.63) is 29.8 Å². The third kappa shape index (κ3) is 3.57. The Labute approximate surface area is 115 Å². The topological polar surface area (TPSA) is 29.5 Å². The lowest BCUT2D eigenvalue weighted by Gasteiger charge is -2.36. The molecule has 0 amide bonds. The predicted octanol–water partition coefficient (Wildman–Crippen LogP) is 3.14. The summed E-state index contributed by atoms with van der Waals surface area (Å²) in [7, 11) is 2.17. The molecule has 0 saturated carbocycles. The van der Waals surface area contributed by atoms with Gasteiger partial charge in [0.15, 0.2) is 5.78 Å². The van der Waals surface area contributed by atoms with Gasteiger partial charge in [-0.25, -0.2) is 0 Å². The lowest BCUT2D eigenvalue weighted by molar-refractivity contribution is 0.0686. The number of likely N-dealkylation sites (N-methyl/N-ethyl adjacent to an activating group) is 1. The van der Waals surface area contributed by atoms with Gasteiger partial charge in [-0.2, -0.15) is 0 Å². The van der Waals surface area contributed by atoms with Gasteiger partial charge in [0.2, 0.25) is 0 Å². The van der Waals surface area contributed by atoms with Gasteiger partial charge in [0.25, 0.3) is 0 Å². The molecule has 0 bridgehead atoms. The number of ether oxygens (including phenoxy) is 1. The molecule has 104 valence electrons. The number of carbonyl (C=O) groups excluding carboxylic acids is 1. The molecule has 2 unspecified atom stereocenters. The molecular formula is C16H23NO2. The van der Waals surface area contributed by atoms with E-state index in [4.69, 9.17) is 4.74 Å². The van der Waals surface area contributed by atoms with Gasteiger partial charge in [0.05, 0.1) is 0 Å². The number of hydrogen-bond donors (Lipinski definition) is 0. The van der Waals surface area contributed by atoms with Gasteiger partial charge in [-0.05, 0) is 64.5 Å². The number of piperidine rings is 1. The largest absolute Gasteiger partial charge is 0.489 e. The van der Waals surface area contributed by atoms with Gasteiger partial charge >= 0.3 is 0 Å². The summed E-state index contributed by atoms with van der Waals surface area (Å²) in [6.07, 6.45) is 3.94. The molecule has 2 rings (SSSR count). The number of carbonyl (C=O) groups is 1. The van der Waals surface area contributed by atoms with E-state index < -0.39 is 0 Å². The van der Waals surface area contributed by atoms with Gasteiger partial charge in [0, 0.05) is 11.6 Å². The number of rotatable bonds is 4. The van der Waals surface area contributed by atoms with Crippen LogP contribution in [0.25, 0.3) is 0 Å². The van der Waals surface area contributed by atoms with Crippen LogP contribution in [0.2, 0.25) is 0 Å². The number of ketones is 1. The second-order valence-corrected chi connectivity index (χ2v) is 5.45. The van der Waals surface area contributed by atoms with Crippen LogP contribution in [0.3, 0.4) is 0 Å². The zero-order valence-corrected chi connectivity index (χ0v) is 12.1. The van der Waals surface area contributed by atoms with E-state index >= 15 is 0 Å². The molecule has 1 aliphatic heterocycles. The lowest BCUT2D eigenvalue weighted by Crippen LogP contribution is -2.45. The second kappa shape index (κ2) is 6.20. The van der Waals surface area contributed by atoms with Crippen molar-refractivity contribution in [2.45, 2.75) is 45.3 Å². The van der Waals surface area contributed by atoms with Crippen molar-refractivity contribution in [2.24, 2.45) is 0 Å². The smallest absolute Gasteiger partial charge is 0.159 e. The summed E-state index contributed by atoms with van der Waals surface area (Å²) in [5.41, 5.74) is 0.731. The Bertz CT molecular complexity index is 427. The van der Waals surface area contributed by atoms with Crippen molar-refractivity contribution in [1.82, 2.24) is 4.90 Å². The van der Waals surface area contributed by atoms with Gasteiger partial charge in [0.1, 0.15) is 11.9 Å². The highest BCUT2D eigenvalue weighted by Gasteiger charge is 2.25. The number of likely N-dealkylation sites (tertiary alicyclic amines) is 1. The van der Waals surface area contributed by atoms with Crippen LogP contribution in [0, 0.1) is 0 Å². The average molecular weight is 261 g/mol. The van der Waals surface area contributed by atoms with Crippen molar-refractivity contribution in [2.75, 3.05) is 13.6 Å². The Hall–Kier alpha value is -1.35. The third-order valence-electron chi connectivity index (χ3n) is 3.95. The Kier molecular flexibility index (Phi) is 4.59. The maximum atomic E-state index is 11.2. The fourth-order valence-electron chi connectivity index (χ4n) is 2.76.